The highest BCUT2D eigenvalue weighted by Gasteiger charge is 2.06. The quantitative estimate of drug-likeness (QED) is 0.534. The lowest BCUT2D eigenvalue weighted by Crippen LogP contribution is -1.97. The first kappa shape index (κ1) is 14.0. The first-order valence-electron chi connectivity index (χ1n) is 5.27. The maximum absolute atomic E-state index is 13.2. The van der Waals surface area contributed by atoms with E-state index in [1.807, 2.05) is 0 Å². The first-order chi connectivity index (χ1) is 7.63. The molecule has 1 atom stereocenters. The number of halogens is 3. The highest BCUT2D eigenvalue weighted by Crippen LogP contribution is 2.25. The third-order valence-electron chi connectivity index (χ3n) is 2.36. The normalized spacial score (nSPS) is 12.8. The summed E-state index contributed by atoms with van der Waals surface area (Å²) in [5, 5.41) is 0.993. The Balaban J connectivity index is 2.39. The SMILES string of the molecule is CC(CCBr)CCSc1cc(F)ccc1F. The molecule has 0 saturated carbocycles. The molecule has 0 heterocycles. The molecule has 4 heteroatoms. The molecular formula is C12H15BrF2S. The third-order valence-corrected chi connectivity index (χ3v) is 3.88. The Morgan fingerprint density at radius 1 is 1.31 bits per heavy atom. The van der Waals surface area contributed by atoms with Crippen molar-refractivity contribution in [3.05, 3.63) is 29.8 Å². The molecule has 0 nitrogen and oxygen atoms in total. The third kappa shape index (κ3) is 4.83. The average Bonchev–Trinajstić information content (AvgIpc) is 2.23. The molecule has 1 unspecified atom stereocenters. The average molecular weight is 309 g/mol. The van der Waals surface area contributed by atoms with Crippen LogP contribution in [0.2, 0.25) is 0 Å². The molecule has 0 aliphatic rings. The molecule has 0 radical (unpaired) electrons. The van der Waals surface area contributed by atoms with E-state index in [4.69, 9.17) is 0 Å². The number of thioether (sulfide) groups is 1. The molecule has 1 aromatic rings. The van der Waals surface area contributed by atoms with E-state index in [1.54, 1.807) is 0 Å². The summed E-state index contributed by atoms with van der Waals surface area (Å²) in [4.78, 5) is 0.408. The lowest BCUT2D eigenvalue weighted by atomic mass is 10.1. The fraction of sp³-hybridized carbons (Fsp3) is 0.500. The Morgan fingerprint density at radius 3 is 2.75 bits per heavy atom. The van der Waals surface area contributed by atoms with Crippen molar-refractivity contribution in [2.45, 2.75) is 24.7 Å². The second kappa shape index (κ2) is 7.28. The number of alkyl halides is 1. The summed E-state index contributed by atoms with van der Waals surface area (Å²) < 4.78 is 26.1. The van der Waals surface area contributed by atoms with Crippen molar-refractivity contribution >= 4 is 27.7 Å². The van der Waals surface area contributed by atoms with Crippen LogP contribution < -0.4 is 0 Å². The first-order valence-corrected chi connectivity index (χ1v) is 7.38. The van der Waals surface area contributed by atoms with E-state index in [-0.39, 0.29) is 11.6 Å². The molecule has 0 bridgehead atoms. The van der Waals surface area contributed by atoms with Gasteiger partial charge < -0.3 is 0 Å². The van der Waals surface area contributed by atoms with Crippen LogP contribution in [0.4, 0.5) is 8.78 Å². The molecule has 0 aromatic heterocycles. The van der Waals surface area contributed by atoms with Crippen LogP contribution in [-0.4, -0.2) is 11.1 Å². The van der Waals surface area contributed by atoms with Gasteiger partial charge in [-0.15, -0.1) is 11.8 Å². The second-order valence-corrected chi connectivity index (χ2v) is 5.72. The minimum absolute atomic E-state index is 0.334. The van der Waals surface area contributed by atoms with Crippen molar-refractivity contribution < 1.29 is 8.78 Å². The standard InChI is InChI=1S/C12H15BrF2S/c1-9(4-6-13)5-7-16-12-8-10(14)2-3-11(12)15/h2-3,8-9H,4-7H2,1H3. The van der Waals surface area contributed by atoms with Gasteiger partial charge in [0.1, 0.15) is 11.6 Å². The molecule has 0 spiro atoms. The molecule has 0 N–H and O–H groups in total. The molecule has 90 valence electrons. The highest BCUT2D eigenvalue weighted by atomic mass is 79.9. The van der Waals surface area contributed by atoms with E-state index in [9.17, 15) is 8.78 Å². The smallest absolute Gasteiger partial charge is 0.136 e. The van der Waals surface area contributed by atoms with Crippen molar-refractivity contribution in [1.82, 2.24) is 0 Å². The fourth-order valence-corrected chi connectivity index (χ4v) is 3.21. The maximum atomic E-state index is 13.2. The summed E-state index contributed by atoms with van der Waals surface area (Å²) in [5.74, 6) is 0.731. The topological polar surface area (TPSA) is 0 Å². The monoisotopic (exact) mass is 308 g/mol. The summed E-state index contributed by atoms with van der Waals surface area (Å²) in [6.45, 7) is 2.17. The summed E-state index contributed by atoms with van der Waals surface area (Å²) in [5.41, 5.74) is 0. The molecule has 0 saturated heterocycles. The summed E-state index contributed by atoms with van der Waals surface area (Å²) in [6, 6.07) is 3.58. The van der Waals surface area contributed by atoms with Gasteiger partial charge in [0, 0.05) is 10.2 Å². The van der Waals surface area contributed by atoms with E-state index in [0.29, 0.717) is 10.8 Å². The van der Waals surface area contributed by atoms with Gasteiger partial charge in [0.05, 0.1) is 0 Å². The zero-order chi connectivity index (χ0) is 12.0. The number of hydrogen-bond acceptors (Lipinski definition) is 1. The number of rotatable bonds is 6. The van der Waals surface area contributed by atoms with Crippen molar-refractivity contribution in [2.75, 3.05) is 11.1 Å². The van der Waals surface area contributed by atoms with Gasteiger partial charge in [0.15, 0.2) is 0 Å². The molecule has 1 aromatic carbocycles. The van der Waals surface area contributed by atoms with Gasteiger partial charge >= 0.3 is 0 Å². The van der Waals surface area contributed by atoms with E-state index in [2.05, 4.69) is 22.9 Å². The Bertz CT molecular complexity index is 331. The number of hydrogen-bond donors (Lipinski definition) is 0. The zero-order valence-corrected chi connectivity index (χ0v) is 11.6. The molecule has 0 amide bonds. The lowest BCUT2D eigenvalue weighted by molar-refractivity contribution is 0.553. The maximum Gasteiger partial charge on any atom is 0.136 e. The van der Waals surface area contributed by atoms with E-state index in [1.165, 1.54) is 23.9 Å². The fourth-order valence-electron chi connectivity index (χ4n) is 1.29. The van der Waals surface area contributed by atoms with Gasteiger partial charge in [-0.05, 0) is 42.7 Å². The Kier molecular flexibility index (Phi) is 6.36. The van der Waals surface area contributed by atoms with Gasteiger partial charge in [0.25, 0.3) is 0 Å². The predicted molar refractivity (Wildman–Crippen MR) is 69.3 cm³/mol. The van der Waals surface area contributed by atoms with Gasteiger partial charge in [-0.25, -0.2) is 8.78 Å². The van der Waals surface area contributed by atoms with Crippen LogP contribution in [0.5, 0.6) is 0 Å². The molecule has 16 heavy (non-hydrogen) atoms. The molecule has 0 aliphatic heterocycles. The van der Waals surface area contributed by atoms with Crippen LogP contribution in [0, 0.1) is 17.6 Å². The molecular weight excluding hydrogens is 294 g/mol. The number of benzene rings is 1. The Labute approximate surface area is 108 Å². The van der Waals surface area contributed by atoms with Crippen molar-refractivity contribution in [3.8, 4) is 0 Å². The van der Waals surface area contributed by atoms with Gasteiger partial charge in [-0.2, -0.15) is 0 Å². The lowest BCUT2D eigenvalue weighted by Gasteiger charge is -2.09. The highest BCUT2D eigenvalue weighted by molar-refractivity contribution is 9.09. The second-order valence-electron chi connectivity index (χ2n) is 3.79. The van der Waals surface area contributed by atoms with Crippen LogP contribution in [-0.2, 0) is 0 Å². The molecule has 1 rings (SSSR count). The molecule has 0 aliphatic carbocycles. The van der Waals surface area contributed by atoms with Crippen LogP contribution >= 0.6 is 27.7 Å². The largest absolute Gasteiger partial charge is 0.207 e. The summed E-state index contributed by atoms with van der Waals surface area (Å²) in [7, 11) is 0. The van der Waals surface area contributed by atoms with Gasteiger partial charge in [-0.3, -0.25) is 0 Å². The Morgan fingerprint density at radius 2 is 2.06 bits per heavy atom. The Hall–Kier alpha value is -0.0900. The van der Waals surface area contributed by atoms with Crippen LogP contribution in [0.1, 0.15) is 19.8 Å². The summed E-state index contributed by atoms with van der Waals surface area (Å²) in [6.07, 6.45) is 2.14. The minimum atomic E-state index is -0.377. The predicted octanol–water partition coefficient (Wildman–Crippen LogP) is 4.87. The van der Waals surface area contributed by atoms with Crippen LogP contribution in [0.3, 0.4) is 0 Å². The van der Waals surface area contributed by atoms with Gasteiger partial charge in [-0.1, -0.05) is 22.9 Å². The minimum Gasteiger partial charge on any atom is -0.207 e. The molecule has 0 fully saturated rings. The van der Waals surface area contributed by atoms with Crippen molar-refractivity contribution in [2.24, 2.45) is 5.92 Å². The van der Waals surface area contributed by atoms with E-state index in [0.717, 1.165) is 30.0 Å². The van der Waals surface area contributed by atoms with Crippen LogP contribution in [0.15, 0.2) is 23.1 Å². The summed E-state index contributed by atoms with van der Waals surface area (Å²) >= 11 is 4.78. The van der Waals surface area contributed by atoms with Gasteiger partial charge in [0.2, 0.25) is 0 Å². The van der Waals surface area contributed by atoms with E-state index < -0.39 is 0 Å². The van der Waals surface area contributed by atoms with Crippen LogP contribution in [0.25, 0.3) is 0 Å². The zero-order valence-electron chi connectivity index (χ0n) is 9.18. The van der Waals surface area contributed by atoms with Crippen molar-refractivity contribution in [3.63, 3.8) is 0 Å². The van der Waals surface area contributed by atoms with Crippen molar-refractivity contribution in [1.29, 1.82) is 0 Å². The van der Waals surface area contributed by atoms with E-state index >= 15 is 0 Å².